The Kier molecular flexibility index (Phi) is 4.91. The number of fused-ring (bicyclic) bond motifs is 2. The first kappa shape index (κ1) is 21.4. The molecule has 6 heteroatoms. The maximum Gasteiger partial charge on any atom is 0.168 e. The predicted octanol–water partition coefficient (Wildman–Crippen LogP) is 3.41. The van der Waals surface area contributed by atoms with Gasteiger partial charge >= 0.3 is 0 Å². The summed E-state index contributed by atoms with van der Waals surface area (Å²) in [5.74, 6) is 0.152. The van der Waals surface area contributed by atoms with E-state index in [0.717, 1.165) is 16.7 Å². The van der Waals surface area contributed by atoms with E-state index in [0.29, 0.717) is 35.3 Å². The van der Waals surface area contributed by atoms with Gasteiger partial charge in [0.2, 0.25) is 0 Å². The van der Waals surface area contributed by atoms with E-state index in [1.807, 2.05) is 19.9 Å². The molecule has 0 unspecified atom stereocenters. The second-order valence-electron chi connectivity index (χ2n) is 9.23. The molecule has 1 aliphatic heterocycles. The molecule has 6 nitrogen and oxygen atoms in total. The summed E-state index contributed by atoms with van der Waals surface area (Å²) in [4.78, 5) is 11.9. The molecular weight excluding hydrogens is 396 g/mol. The van der Waals surface area contributed by atoms with Crippen molar-refractivity contribution in [3.63, 3.8) is 0 Å². The van der Waals surface area contributed by atoms with Crippen molar-refractivity contribution in [2.24, 2.45) is 5.92 Å². The van der Waals surface area contributed by atoms with E-state index in [-0.39, 0.29) is 17.9 Å². The third kappa shape index (κ3) is 3.22. The van der Waals surface area contributed by atoms with Gasteiger partial charge in [0.15, 0.2) is 23.9 Å². The summed E-state index contributed by atoms with van der Waals surface area (Å²) < 4.78 is 12.1. The van der Waals surface area contributed by atoms with Gasteiger partial charge in [0.05, 0.1) is 11.2 Å². The topological polar surface area (TPSA) is 96.2 Å². The Morgan fingerprint density at radius 2 is 2.03 bits per heavy atom. The number of hydrogen-bond acceptors (Lipinski definition) is 6. The van der Waals surface area contributed by atoms with Crippen molar-refractivity contribution in [2.75, 3.05) is 6.61 Å². The van der Waals surface area contributed by atoms with Crippen molar-refractivity contribution in [1.29, 1.82) is 0 Å². The number of rotatable bonds is 4. The number of phenols is 1. The predicted molar refractivity (Wildman–Crippen MR) is 116 cm³/mol. The Hall–Kier alpha value is -2.83. The number of aryl methyl sites for hydroxylation is 1. The van der Waals surface area contributed by atoms with Crippen LogP contribution >= 0.6 is 0 Å². The SMILES string of the molecule is C=C(C)[C@@H]1Cc2ccc(O)c(C=O)c2[C@@]1(O)c1cc(C)cc2c1O[C@H](C(C)(C)O)CO2. The molecule has 0 radical (unpaired) electrons. The van der Waals surface area contributed by atoms with Crippen LogP contribution in [0.25, 0.3) is 0 Å². The van der Waals surface area contributed by atoms with Crippen LogP contribution in [0.2, 0.25) is 0 Å². The normalized spacial score (nSPS) is 24.6. The molecule has 2 aromatic carbocycles. The molecule has 2 aromatic rings. The number of hydrogen-bond donors (Lipinski definition) is 3. The summed E-state index contributed by atoms with van der Waals surface area (Å²) >= 11 is 0. The standard InChI is InChI=1S/C25H28O6/c1-13(2)17-10-15-6-7-19(27)16(11-26)22(15)25(17,29)18-8-14(3)9-20-23(18)31-21(12-30-20)24(4,5)28/h6-9,11,17,21,27-29H,1,10,12H2,2-5H3/t17-,21-,25-/m0/s1. The molecular formula is C25H28O6. The Balaban J connectivity index is 2.02. The van der Waals surface area contributed by atoms with Crippen LogP contribution < -0.4 is 9.47 Å². The lowest BCUT2D eigenvalue weighted by atomic mass is 9.75. The fourth-order valence-corrected chi connectivity index (χ4v) is 4.73. The smallest absolute Gasteiger partial charge is 0.168 e. The molecule has 4 rings (SSSR count). The molecule has 31 heavy (non-hydrogen) atoms. The fraction of sp³-hybridized carbons (Fsp3) is 0.400. The first-order valence-corrected chi connectivity index (χ1v) is 10.3. The number of aliphatic hydroxyl groups is 2. The zero-order chi connectivity index (χ0) is 22.7. The number of ether oxygens (including phenoxy) is 2. The average Bonchev–Trinajstić information content (AvgIpc) is 3.00. The fourth-order valence-electron chi connectivity index (χ4n) is 4.73. The zero-order valence-electron chi connectivity index (χ0n) is 18.2. The van der Waals surface area contributed by atoms with E-state index >= 15 is 0 Å². The summed E-state index contributed by atoms with van der Waals surface area (Å²) in [7, 11) is 0. The molecule has 2 aliphatic rings. The molecule has 164 valence electrons. The Morgan fingerprint density at radius 3 is 2.65 bits per heavy atom. The Bertz CT molecular complexity index is 1080. The molecule has 0 amide bonds. The summed E-state index contributed by atoms with van der Waals surface area (Å²) in [5.41, 5.74) is 0.341. The number of carbonyl (C=O) groups is 1. The highest BCUT2D eigenvalue weighted by molar-refractivity contribution is 5.84. The molecule has 0 bridgehead atoms. The van der Waals surface area contributed by atoms with Gasteiger partial charge in [-0.1, -0.05) is 18.2 Å². The van der Waals surface area contributed by atoms with Crippen molar-refractivity contribution in [1.82, 2.24) is 0 Å². The van der Waals surface area contributed by atoms with Crippen molar-refractivity contribution < 1.29 is 29.6 Å². The Labute approximate surface area is 181 Å². The molecule has 1 aliphatic carbocycles. The first-order chi connectivity index (χ1) is 14.5. The zero-order valence-corrected chi connectivity index (χ0v) is 18.2. The van der Waals surface area contributed by atoms with Crippen LogP contribution in [0.5, 0.6) is 17.2 Å². The number of carbonyl (C=O) groups excluding carboxylic acids is 1. The van der Waals surface area contributed by atoms with Gasteiger partial charge in [-0.25, -0.2) is 0 Å². The second-order valence-corrected chi connectivity index (χ2v) is 9.23. The minimum Gasteiger partial charge on any atom is -0.507 e. The highest BCUT2D eigenvalue weighted by Crippen LogP contribution is 2.55. The maximum atomic E-state index is 12.3. The summed E-state index contributed by atoms with van der Waals surface area (Å²) in [5, 5.41) is 33.2. The lowest BCUT2D eigenvalue weighted by Crippen LogP contribution is -2.47. The maximum absolute atomic E-state index is 12.3. The summed E-state index contributed by atoms with van der Waals surface area (Å²) in [6, 6.07) is 6.82. The third-order valence-electron chi connectivity index (χ3n) is 6.38. The van der Waals surface area contributed by atoms with Gasteiger partial charge in [0.25, 0.3) is 0 Å². The van der Waals surface area contributed by atoms with E-state index in [1.54, 1.807) is 26.0 Å². The first-order valence-electron chi connectivity index (χ1n) is 10.3. The lowest BCUT2D eigenvalue weighted by molar-refractivity contribution is -0.0684. The second kappa shape index (κ2) is 7.11. The molecule has 0 aromatic heterocycles. The van der Waals surface area contributed by atoms with Gasteiger partial charge in [0.1, 0.15) is 18.0 Å². The quantitative estimate of drug-likeness (QED) is 0.514. The average molecular weight is 424 g/mol. The highest BCUT2D eigenvalue weighted by Gasteiger charge is 2.52. The largest absolute Gasteiger partial charge is 0.507 e. The number of aldehydes is 1. The van der Waals surface area contributed by atoms with Crippen LogP contribution in [0, 0.1) is 12.8 Å². The van der Waals surface area contributed by atoms with E-state index in [1.165, 1.54) is 6.07 Å². The van der Waals surface area contributed by atoms with Crippen LogP contribution in [0.15, 0.2) is 36.4 Å². The summed E-state index contributed by atoms with van der Waals surface area (Å²) in [6.07, 6.45) is 0.379. The van der Waals surface area contributed by atoms with Gasteiger partial charge in [-0.2, -0.15) is 0 Å². The van der Waals surface area contributed by atoms with Crippen LogP contribution in [0.1, 0.15) is 53.4 Å². The molecule has 3 N–H and O–H groups in total. The molecule has 0 spiro atoms. The number of phenolic OH excluding ortho intramolecular Hbond substituents is 1. The monoisotopic (exact) mass is 424 g/mol. The van der Waals surface area contributed by atoms with Gasteiger partial charge < -0.3 is 24.8 Å². The molecule has 3 atom stereocenters. The van der Waals surface area contributed by atoms with E-state index in [9.17, 15) is 20.1 Å². The van der Waals surface area contributed by atoms with Crippen LogP contribution in [0.3, 0.4) is 0 Å². The van der Waals surface area contributed by atoms with Crippen LogP contribution in [0.4, 0.5) is 0 Å². The molecule has 0 saturated carbocycles. The van der Waals surface area contributed by atoms with E-state index in [4.69, 9.17) is 9.47 Å². The Morgan fingerprint density at radius 1 is 1.32 bits per heavy atom. The number of aromatic hydroxyl groups is 1. The van der Waals surface area contributed by atoms with Gasteiger partial charge in [-0.15, -0.1) is 0 Å². The number of benzene rings is 2. The van der Waals surface area contributed by atoms with Crippen LogP contribution in [-0.4, -0.2) is 39.9 Å². The lowest BCUT2D eigenvalue weighted by Gasteiger charge is -2.39. The van der Waals surface area contributed by atoms with Crippen molar-refractivity contribution >= 4 is 6.29 Å². The highest BCUT2D eigenvalue weighted by atomic mass is 16.6. The molecule has 1 heterocycles. The third-order valence-corrected chi connectivity index (χ3v) is 6.38. The van der Waals surface area contributed by atoms with Gasteiger partial charge in [-0.3, -0.25) is 4.79 Å². The van der Waals surface area contributed by atoms with Crippen molar-refractivity contribution in [2.45, 2.75) is 51.4 Å². The minimum atomic E-state index is -1.67. The van der Waals surface area contributed by atoms with E-state index < -0.39 is 23.2 Å². The molecule has 0 fully saturated rings. The van der Waals surface area contributed by atoms with Crippen molar-refractivity contribution in [3.05, 3.63) is 64.2 Å². The summed E-state index contributed by atoms with van der Waals surface area (Å²) in [6.45, 7) is 11.2. The van der Waals surface area contributed by atoms with Gasteiger partial charge in [-0.05, 0) is 63.4 Å². The van der Waals surface area contributed by atoms with Crippen LogP contribution in [-0.2, 0) is 12.0 Å². The minimum absolute atomic E-state index is 0.0507. The van der Waals surface area contributed by atoms with Gasteiger partial charge in [0, 0.05) is 17.0 Å². The van der Waals surface area contributed by atoms with Crippen molar-refractivity contribution in [3.8, 4) is 17.2 Å². The van der Waals surface area contributed by atoms with E-state index in [2.05, 4.69) is 6.58 Å². The molecule has 0 saturated heterocycles.